The quantitative estimate of drug-likeness (QED) is 0.714. The Hall–Kier alpha value is -3.36. The molecule has 3 N–H and O–H groups in total. The van der Waals surface area contributed by atoms with Crippen LogP contribution in [-0.2, 0) is 14.3 Å². The molecule has 1 heterocycles. The highest BCUT2D eigenvalue weighted by atomic mass is 16.5. The number of ether oxygens (including phenoxy) is 2. The first-order valence-corrected chi connectivity index (χ1v) is 7.31. The van der Waals surface area contributed by atoms with Crippen molar-refractivity contribution in [3.63, 3.8) is 0 Å². The zero-order valence-electron chi connectivity index (χ0n) is 13.6. The Balaban J connectivity index is 1.89. The molecular formula is C16H17N3O6. The van der Waals surface area contributed by atoms with E-state index in [0.29, 0.717) is 11.5 Å². The monoisotopic (exact) mass is 347 g/mol. The van der Waals surface area contributed by atoms with Crippen LogP contribution < -0.4 is 15.8 Å². The molecule has 0 aliphatic rings. The maximum absolute atomic E-state index is 12.0. The van der Waals surface area contributed by atoms with Crippen LogP contribution in [0.1, 0.15) is 23.0 Å². The number of hydrogen-bond acceptors (Lipinski definition) is 7. The van der Waals surface area contributed by atoms with Crippen LogP contribution in [0.3, 0.4) is 0 Å². The second-order valence-electron chi connectivity index (χ2n) is 5.14. The molecule has 9 nitrogen and oxygen atoms in total. The van der Waals surface area contributed by atoms with Crippen LogP contribution in [-0.4, -0.2) is 35.7 Å². The van der Waals surface area contributed by atoms with E-state index in [4.69, 9.17) is 19.7 Å². The maximum atomic E-state index is 12.0. The summed E-state index contributed by atoms with van der Waals surface area (Å²) in [6.45, 7) is 2.86. The Labute approximate surface area is 143 Å². The van der Waals surface area contributed by atoms with Crippen LogP contribution in [0.4, 0.5) is 5.82 Å². The normalized spacial score (nSPS) is 11.4. The van der Waals surface area contributed by atoms with E-state index in [-0.39, 0.29) is 18.0 Å². The van der Waals surface area contributed by atoms with Crippen LogP contribution in [0.25, 0.3) is 0 Å². The second kappa shape index (κ2) is 7.95. The number of nitrogens with two attached hydrogens (primary N) is 1. The average Bonchev–Trinajstić information content (AvgIpc) is 2.98. The maximum Gasteiger partial charge on any atom is 0.338 e. The molecule has 25 heavy (non-hydrogen) atoms. The lowest BCUT2D eigenvalue weighted by Gasteiger charge is -2.12. The van der Waals surface area contributed by atoms with E-state index in [2.05, 4.69) is 10.5 Å². The van der Waals surface area contributed by atoms with Gasteiger partial charge in [0.2, 0.25) is 0 Å². The number of nitrogens with zero attached hydrogens (tertiary/aromatic N) is 1. The number of hydrogen-bond donors (Lipinski definition) is 2. The standard InChI is InChI=1S/C16H17N3O6/c1-9-7-14(19-25-9)18-15(21)10(2)24-16(22)11-3-5-12(6-4-11)23-8-13(17)20/h3-7,10H,8H2,1-2H3,(H2,17,20)(H,18,19,21)/t10-/m0/s1. The van der Waals surface area contributed by atoms with Gasteiger partial charge in [0.05, 0.1) is 5.56 Å². The van der Waals surface area contributed by atoms with Gasteiger partial charge in [-0.15, -0.1) is 0 Å². The van der Waals surface area contributed by atoms with Gasteiger partial charge >= 0.3 is 5.97 Å². The highest BCUT2D eigenvalue weighted by Crippen LogP contribution is 2.14. The summed E-state index contributed by atoms with van der Waals surface area (Å²) in [4.78, 5) is 34.6. The third-order valence-corrected chi connectivity index (χ3v) is 3.00. The van der Waals surface area contributed by atoms with Crippen molar-refractivity contribution in [2.24, 2.45) is 5.73 Å². The van der Waals surface area contributed by atoms with Gasteiger partial charge in [-0.3, -0.25) is 9.59 Å². The zero-order chi connectivity index (χ0) is 18.4. The number of benzene rings is 1. The predicted molar refractivity (Wildman–Crippen MR) is 85.9 cm³/mol. The number of carbonyl (C=O) groups is 3. The van der Waals surface area contributed by atoms with Crippen LogP contribution in [0.2, 0.25) is 0 Å². The molecule has 0 fully saturated rings. The number of esters is 1. The molecule has 0 spiro atoms. The minimum atomic E-state index is -1.03. The minimum absolute atomic E-state index is 0.225. The summed E-state index contributed by atoms with van der Waals surface area (Å²) in [5.74, 6) is -0.670. The number of amides is 2. The SMILES string of the molecule is Cc1cc(NC(=O)[C@H](C)OC(=O)c2ccc(OCC(N)=O)cc2)no1. The average molecular weight is 347 g/mol. The fourth-order valence-electron chi connectivity index (χ4n) is 1.78. The summed E-state index contributed by atoms with van der Waals surface area (Å²) in [5.41, 5.74) is 5.20. The predicted octanol–water partition coefficient (Wildman–Crippen LogP) is 1.03. The van der Waals surface area contributed by atoms with Crippen molar-refractivity contribution in [1.29, 1.82) is 0 Å². The molecule has 1 aromatic carbocycles. The zero-order valence-corrected chi connectivity index (χ0v) is 13.6. The number of primary amides is 1. The van der Waals surface area contributed by atoms with Crippen molar-refractivity contribution in [2.75, 3.05) is 11.9 Å². The van der Waals surface area contributed by atoms with Gasteiger partial charge in [-0.25, -0.2) is 4.79 Å². The van der Waals surface area contributed by atoms with E-state index < -0.39 is 23.9 Å². The van der Waals surface area contributed by atoms with Crippen LogP contribution in [0.5, 0.6) is 5.75 Å². The van der Waals surface area contributed by atoms with Crippen molar-refractivity contribution in [3.05, 3.63) is 41.7 Å². The van der Waals surface area contributed by atoms with Gasteiger partial charge in [0.25, 0.3) is 11.8 Å². The van der Waals surface area contributed by atoms with Crippen molar-refractivity contribution in [2.45, 2.75) is 20.0 Å². The Morgan fingerprint density at radius 1 is 1.28 bits per heavy atom. The fraction of sp³-hybridized carbons (Fsp3) is 0.250. The molecule has 9 heteroatoms. The number of anilines is 1. The third-order valence-electron chi connectivity index (χ3n) is 3.00. The fourth-order valence-corrected chi connectivity index (χ4v) is 1.78. The Morgan fingerprint density at radius 3 is 2.52 bits per heavy atom. The van der Waals surface area contributed by atoms with E-state index >= 15 is 0 Å². The topological polar surface area (TPSA) is 134 Å². The molecular weight excluding hydrogens is 330 g/mol. The van der Waals surface area contributed by atoms with Crippen molar-refractivity contribution < 1.29 is 28.4 Å². The van der Waals surface area contributed by atoms with Gasteiger partial charge in [0, 0.05) is 6.07 Å². The third kappa shape index (κ3) is 5.34. The lowest BCUT2D eigenvalue weighted by Crippen LogP contribution is -2.30. The van der Waals surface area contributed by atoms with Crippen LogP contribution >= 0.6 is 0 Å². The Bertz CT molecular complexity index is 768. The van der Waals surface area contributed by atoms with E-state index in [1.165, 1.54) is 37.3 Å². The number of aryl methyl sites for hydroxylation is 1. The summed E-state index contributed by atoms with van der Waals surface area (Å²) < 4.78 is 15.0. The van der Waals surface area contributed by atoms with Gasteiger partial charge < -0.3 is 25.0 Å². The Kier molecular flexibility index (Phi) is 5.72. The van der Waals surface area contributed by atoms with Crippen molar-refractivity contribution >= 4 is 23.6 Å². The lowest BCUT2D eigenvalue weighted by molar-refractivity contribution is -0.123. The largest absolute Gasteiger partial charge is 0.484 e. The molecule has 1 aromatic heterocycles. The smallest absolute Gasteiger partial charge is 0.338 e. The summed E-state index contributed by atoms with van der Waals surface area (Å²) in [5, 5.41) is 6.09. The first kappa shape index (κ1) is 18.0. The molecule has 0 aliphatic carbocycles. The molecule has 0 saturated heterocycles. The number of nitrogens with one attached hydrogen (secondary N) is 1. The van der Waals surface area contributed by atoms with Crippen molar-refractivity contribution in [1.82, 2.24) is 5.16 Å². The first-order valence-electron chi connectivity index (χ1n) is 7.31. The van der Waals surface area contributed by atoms with Crippen molar-refractivity contribution in [3.8, 4) is 5.75 Å². The number of carbonyl (C=O) groups excluding carboxylic acids is 3. The first-order chi connectivity index (χ1) is 11.8. The van der Waals surface area contributed by atoms with Gasteiger partial charge in [0.1, 0.15) is 11.5 Å². The van der Waals surface area contributed by atoms with E-state index in [1.54, 1.807) is 6.92 Å². The summed E-state index contributed by atoms with van der Waals surface area (Å²) >= 11 is 0. The van der Waals surface area contributed by atoms with E-state index in [0.717, 1.165) is 0 Å². The number of aromatic nitrogens is 1. The van der Waals surface area contributed by atoms with E-state index in [9.17, 15) is 14.4 Å². The molecule has 0 bridgehead atoms. The van der Waals surface area contributed by atoms with E-state index in [1.807, 2.05) is 0 Å². The molecule has 132 valence electrons. The Morgan fingerprint density at radius 2 is 1.96 bits per heavy atom. The molecule has 2 aromatic rings. The minimum Gasteiger partial charge on any atom is -0.484 e. The lowest BCUT2D eigenvalue weighted by atomic mass is 10.2. The van der Waals surface area contributed by atoms with Gasteiger partial charge in [-0.1, -0.05) is 5.16 Å². The second-order valence-corrected chi connectivity index (χ2v) is 5.14. The number of rotatable bonds is 7. The molecule has 2 rings (SSSR count). The van der Waals surface area contributed by atoms with Crippen LogP contribution in [0.15, 0.2) is 34.9 Å². The highest BCUT2D eigenvalue weighted by molar-refractivity contribution is 5.96. The molecule has 0 unspecified atom stereocenters. The summed E-state index contributed by atoms with van der Waals surface area (Å²) in [6, 6.07) is 7.41. The molecule has 1 atom stereocenters. The molecule has 0 aliphatic heterocycles. The summed E-state index contributed by atoms with van der Waals surface area (Å²) in [7, 11) is 0. The molecule has 0 radical (unpaired) electrons. The summed E-state index contributed by atoms with van der Waals surface area (Å²) in [6.07, 6.45) is -1.03. The van der Waals surface area contributed by atoms with Gasteiger partial charge in [-0.05, 0) is 38.1 Å². The highest BCUT2D eigenvalue weighted by Gasteiger charge is 2.20. The van der Waals surface area contributed by atoms with Gasteiger partial charge in [-0.2, -0.15) is 0 Å². The molecule has 2 amide bonds. The van der Waals surface area contributed by atoms with Crippen LogP contribution in [0, 0.1) is 6.92 Å². The molecule has 0 saturated carbocycles. The van der Waals surface area contributed by atoms with Gasteiger partial charge in [0.15, 0.2) is 18.5 Å².